The Bertz CT molecular complexity index is 234. The molecule has 1 heterocycles. The Hall–Kier alpha value is -1.09. The predicted molar refractivity (Wildman–Crippen MR) is 49.0 cm³/mol. The lowest BCUT2D eigenvalue weighted by Crippen LogP contribution is -2.35. The number of hydrogen-bond acceptors (Lipinski definition) is 3. The summed E-state index contributed by atoms with van der Waals surface area (Å²) in [5.74, 6) is 0.788. The van der Waals surface area contributed by atoms with Gasteiger partial charge >= 0.3 is 0 Å². The number of nitrogens with zero attached hydrogens (tertiary/aromatic N) is 1. The maximum absolute atomic E-state index is 8.97. The maximum atomic E-state index is 8.97. The van der Waals surface area contributed by atoms with Crippen molar-refractivity contribution < 1.29 is 5.11 Å². The van der Waals surface area contributed by atoms with Gasteiger partial charge in [0.1, 0.15) is 5.82 Å². The standard InChI is InChI=1S/C9H14N2O/c1-9(2,7-12)11-8-5-3-4-6-10-8/h3-6,12H,7H2,1-2H3,(H,10,11). The van der Waals surface area contributed by atoms with Crippen molar-refractivity contribution in [1.82, 2.24) is 4.98 Å². The lowest BCUT2D eigenvalue weighted by atomic mass is 10.1. The molecule has 0 amide bonds. The normalized spacial score (nSPS) is 11.2. The zero-order valence-electron chi connectivity index (χ0n) is 7.41. The van der Waals surface area contributed by atoms with E-state index in [2.05, 4.69) is 10.3 Å². The number of pyridine rings is 1. The van der Waals surface area contributed by atoms with E-state index in [1.54, 1.807) is 6.20 Å². The molecular weight excluding hydrogens is 152 g/mol. The summed E-state index contributed by atoms with van der Waals surface area (Å²) in [6, 6.07) is 5.64. The Morgan fingerprint density at radius 3 is 2.75 bits per heavy atom. The van der Waals surface area contributed by atoms with Gasteiger partial charge < -0.3 is 10.4 Å². The molecule has 0 radical (unpaired) electrons. The molecule has 0 unspecified atom stereocenters. The van der Waals surface area contributed by atoms with Crippen LogP contribution in [0.2, 0.25) is 0 Å². The minimum Gasteiger partial charge on any atom is -0.394 e. The van der Waals surface area contributed by atoms with Crippen LogP contribution < -0.4 is 5.32 Å². The van der Waals surface area contributed by atoms with Crippen molar-refractivity contribution in [3.05, 3.63) is 24.4 Å². The van der Waals surface area contributed by atoms with Gasteiger partial charge in [-0.3, -0.25) is 0 Å². The van der Waals surface area contributed by atoms with Crippen molar-refractivity contribution in [2.45, 2.75) is 19.4 Å². The van der Waals surface area contributed by atoms with E-state index in [-0.39, 0.29) is 12.1 Å². The first-order chi connectivity index (χ1) is 5.64. The summed E-state index contributed by atoms with van der Waals surface area (Å²) in [6.45, 7) is 3.92. The lowest BCUT2D eigenvalue weighted by Gasteiger charge is -2.23. The SMILES string of the molecule is CC(C)(CO)Nc1ccccn1. The molecule has 0 aliphatic rings. The Morgan fingerprint density at radius 1 is 1.50 bits per heavy atom. The number of aliphatic hydroxyl groups excluding tert-OH is 1. The van der Waals surface area contributed by atoms with Crippen LogP contribution in [-0.2, 0) is 0 Å². The van der Waals surface area contributed by atoms with Crippen LogP contribution in [-0.4, -0.2) is 22.2 Å². The van der Waals surface area contributed by atoms with Crippen molar-refractivity contribution in [2.75, 3.05) is 11.9 Å². The molecule has 0 saturated carbocycles. The zero-order valence-corrected chi connectivity index (χ0v) is 7.41. The van der Waals surface area contributed by atoms with Gasteiger partial charge in [-0.15, -0.1) is 0 Å². The highest BCUT2D eigenvalue weighted by atomic mass is 16.3. The minimum atomic E-state index is -0.311. The number of aromatic nitrogens is 1. The number of anilines is 1. The third-order valence-corrected chi connectivity index (χ3v) is 1.53. The summed E-state index contributed by atoms with van der Waals surface area (Å²) >= 11 is 0. The molecule has 0 fully saturated rings. The van der Waals surface area contributed by atoms with Crippen molar-refractivity contribution in [2.24, 2.45) is 0 Å². The molecule has 0 aliphatic carbocycles. The van der Waals surface area contributed by atoms with Crippen LogP contribution in [0, 0.1) is 0 Å². The Kier molecular flexibility index (Phi) is 2.65. The minimum absolute atomic E-state index is 0.0869. The zero-order chi connectivity index (χ0) is 9.03. The molecule has 1 aromatic heterocycles. The van der Waals surface area contributed by atoms with Crippen LogP contribution in [0.1, 0.15) is 13.8 Å². The molecule has 3 nitrogen and oxygen atoms in total. The van der Waals surface area contributed by atoms with E-state index in [1.807, 2.05) is 32.0 Å². The summed E-state index contributed by atoms with van der Waals surface area (Å²) in [5, 5.41) is 12.1. The van der Waals surface area contributed by atoms with E-state index in [0.717, 1.165) is 5.82 Å². The molecule has 3 heteroatoms. The lowest BCUT2D eigenvalue weighted by molar-refractivity contribution is 0.234. The molecule has 0 saturated heterocycles. The van der Waals surface area contributed by atoms with Gasteiger partial charge in [0.05, 0.1) is 12.1 Å². The fourth-order valence-electron chi connectivity index (χ4n) is 0.823. The van der Waals surface area contributed by atoms with E-state index in [9.17, 15) is 0 Å². The third kappa shape index (κ3) is 2.51. The highest BCUT2D eigenvalue weighted by Gasteiger charge is 2.15. The Balaban J connectivity index is 2.64. The fourth-order valence-corrected chi connectivity index (χ4v) is 0.823. The van der Waals surface area contributed by atoms with Crippen molar-refractivity contribution in [3.63, 3.8) is 0 Å². The molecule has 12 heavy (non-hydrogen) atoms. The second-order valence-electron chi connectivity index (χ2n) is 3.38. The van der Waals surface area contributed by atoms with Gasteiger partial charge in [0.25, 0.3) is 0 Å². The fraction of sp³-hybridized carbons (Fsp3) is 0.444. The predicted octanol–water partition coefficient (Wildman–Crippen LogP) is 1.26. The van der Waals surface area contributed by atoms with Crippen molar-refractivity contribution in [3.8, 4) is 0 Å². The molecule has 0 aromatic carbocycles. The summed E-state index contributed by atoms with van der Waals surface area (Å²) in [6.07, 6.45) is 1.72. The number of nitrogens with one attached hydrogen (secondary N) is 1. The first-order valence-corrected chi connectivity index (χ1v) is 3.94. The van der Waals surface area contributed by atoms with E-state index in [1.165, 1.54) is 0 Å². The van der Waals surface area contributed by atoms with Gasteiger partial charge in [-0.2, -0.15) is 0 Å². The third-order valence-electron chi connectivity index (χ3n) is 1.53. The molecule has 0 spiro atoms. The quantitative estimate of drug-likeness (QED) is 0.710. The van der Waals surface area contributed by atoms with E-state index < -0.39 is 0 Å². The number of aliphatic hydroxyl groups is 1. The highest BCUT2D eigenvalue weighted by Crippen LogP contribution is 2.10. The average Bonchev–Trinajstić information content (AvgIpc) is 2.06. The topological polar surface area (TPSA) is 45.1 Å². The van der Waals surface area contributed by atoms with Crippen LogP contribution in [0.3, 0.4) is 0 Å². The van der Waals surface area contributed by atoms with E-state index in [4.69, 9.17) is 5.11 Å². The summed E-state index contributed by atoms with van der Waals surface area (Å²) < 4.78 is 0. The van der Waals surface area contributed by atoms with Gasteiger partial charge in [0.15, 0.2) is 0 Å². The van der Waals surface area contributed by atoms with E-state index in [0.29, 0.717) is 0 Å². The first kappa shape index (κ1) is 9.00. The first-order valence-electron chi connectivity index (χ1n) is 3.94. The highest BCUT2D eigenvalue weighted by molar-refractivity contribution is 5.36. The molecule has 1 rings (SSSR count). The van der Waals surface area contributed by atoms with Crippen LogP contribution in [0.25, 0.3) is 0 Å². The van der Waals surface area contributed by atoms with Gasteiger partial charge in [-0.1, -0.05) is 6.07 Å². The van der Waals surface area contributed by atoms with Crippen molar-refractivity contribution >= 4 is 5.82 Å². The second-order valence-corrected chi connectivity index (χ2v) is 3.38. The van der Waals surface area contributed by atoms with Crippen LogP contribution in [0.5, 0.6) is 0 Å². The molecule has 0 atom stereocenters. The Labute approximate surface area is 72.5 Å². The van der Waals surface area contributed by atoms with Crippen LogP contribution >= 0.6 is 0 Å². The van der Waals surface area contributed by atoms with Gasteiger partial charge in [-0.05, 0) is 26.0 Å². The summed E-state index contributed by atoms with van der Waals surface area (Å²) in [7, 11) is 0. The second kappa shape index (κ2) is 3.54. The summed E-state index contributed by atoms with van der Waals surface area (Å²) in [4.78, 5) is 4.09. The van der Waals surface area contributed by atoms with E-state index >= 15 is 0 Å². The van der Waals surface area contributed by atoms with Crippen LogP contribution in [0.15, 0.2) is 24.4 Å². The Morgan fingerprint density at radius 2 is 2.25 bits per heavy atom. The maximum Gasteiger partial charge on any atom is 0.126 e. The molecule has 0 aliphatic heterocycles. The average molecular weight is 166 g/mol. The molecule has 0 bridgehead atoms. The molecule has 1 aromatic rings. The molecular formula is C9H14N2O. The monoisotopic (exact) mass is 166 g/mol. The van der Waals surface area contributed by atoms with Gasteiger partial charge in [-0.25, -0.2) is 4.98 Å². The summed E-state index contributed by atoms with van der Waals surface area (Å²) in [5.41, 5.74) is -0.311. The van der Waals surface area contributed by atoms with Gasteiger partial charge in [0, 0.05) is 6.20 Å². The smallest absolute Gasteiger partial charge is 0.126 e. The number of hydrogen-bond donors (Lipinski definition) is 2. The van der Waals surface area contributed by atoms with Crippen molar-refractivity contribution in [1.29, 1.82) is 0 Å². The van der Waals surface area contributed by atoms with Crippen LogP contribution in [0.4, 0.5) is 5.82 Å². The molecule has 66 valence electrons. The largest absolute Gasteiger partial charge is 0.394 e. The van der Waals surface area contributed by atoms with Gasteiger partial charge in [0.2, 0.25) is 0 Å². The molecule has 2 N–H and O–H groups in total. The number of rotatable bonds is 3.